The molecule has 0 aromatic heterocycles. The third kappa shape index (κ3) is 2.12. The van der Waals surface area contributed by atoms with E-state index in [0.717, 1.165) is 0 Å². The smallest absolute Gasteiger partial charge is 0.305 e. The number of fused-ring (bicyclic) bond motifs is 1. The Hall–Kier alpha value is -1.15. The van der Waals surface area contributed by atoms with Crippen molar-refractivity contribution in [1.29, 1.82) is 0 Å². The van der Waals surface area contributed by atoms with Gasteiger partial charge in [0.05, 0.1) is 18.1 Å². The molecule has 0 aromatic rings. The van der Waals surface area contributed by atoms with Gasteiger partial charge < -0.3 is 29.9 Å². The van der Waals surface area contributed by atoms with Crippen molar-refractivity contribution in [2.45, 2.75) is 43.9 Å². The highest BCUT2D eigenvalue weighted by atomic mass is 16.7. The van der Waals surface area contributed by atoms with Gasteiger partial charge in [-0.1, -0.05) is 0 Å². The van der Waals surface area contributed by atoms with Gasteiger partial charge in [0.25, 0.3) is 5.79 Å². The molecule has 108 valence electrons. The molecule has 0 amide bonds. The van der Waals surface area contributed by atoms with E-state index in [1.165, 1.54) is 19.9 Å². The topological polar surface area (TPSA) is 116 Å². The second-order valence-corrected chi connectivity index (χ2v) is 5.16. The van der Waals surface area contributed by atoms with Crippen molar-refractivity contribution >= 4 is 5.97 Å². The van der Waals surface area contributed by atoms with Gasteiger partial charge in [-0.05, 0) is 6.08 Å². The first-order valence-electron chi connectivity index (χ1n) is 6.02. The number of rotatable bonds is 2. The van der Waals surface area contributed by atoms with Crippen molar-refractivity contribution in [2.24, 2.45) is 5.92 Å². The summed E-state index contributed by atoms with van der Waals surface area (Å²) in [5.41, 5.74) is -1.81. The molecule has 5 atom stereocenters. The Kier molecular flexibility index (Phi) is 3.34. The molecule has 7 nitrogen and oxygen atoms in total. The lowest BCUT2D eigenvalue weighted by Crippen LogP contribution is -2.59. The minimum atomic E-state index is -1.81. The van der Waals surface area contributed by atoms with E-state index >= 15 is 0 Å². The van der Waals surface area contributed by atoms with E-state index < -0.39 is 42.1 Å². The first-order valence-corrected chi connectivity index (χ1v) is 6.02. The summed E-state index contributed by atoms with van der Waals surface area (Å²) in [6.45, 7) is 2.03. The molecule has 4 N–H and O–H groups in total. The van der Waals surface area contributed by atoms with Crippen molar-refractivity contribution in [2.75, 3.05) is 6.61 Å². The third-order valence-corrected chi connectivity index (χ3v) is 3.67. The summed E-state index contributed by atoms with van der Waals surface area (Å²) in [5.74, 6) is -3.35. The van der Waals surface area contributed by atoms with E-state index in [4.69, 9.17) is 14.6 Å². The molecule has 1 saturated carbocycles. The van der Waals surface area contributed by atoms with Gasteiger partial charge in [0, 0.05) is 20.3 Å². The Morgan fingerprint density at radius 1 is 1.58 bits per heavy atom. The molecule has 0 saturated heterocycles. The summed E-state index contributed by atoms with van der Waals surface area (Å²) < 4.78 is 10.4. The summed E-state index contributed by atoms with van der Waals surface area (Å²) in [4.78, 5) is 11.2. The monoisotopic (exact) mass is 274 g/mol. The molecule has 1 aliphatic carbocycles. The molecule has 1 fully saturated rings. The Balaban J connectivity index is 2.47. The quantitative estimate of drug-likeness (QED) is 0.460. The lowest BCUT2D eigenvalue weighted by molar-refractivity contribution is -0.275. The highest BCUT2D eigenvalue weighted by Crippen LogP contribution is 2.49. The minimum absolute atomic E-state index is 0.0179. The van der Waals surface area contributed by atoms with Crippen LogP contribution in [0, 0.1) is 5.92 Å². The molecule has 0 radical (unpaired) electrons. The number of carbonyl (C=O) groups excluding carboxylic acids is 1. The minimum Gasteiger partial charge on any atom is -0.454 e. The maximum absolute atomic E-state index is 11.2. The number of esters is 1. The average molecular weight is 274 g/mol. The molecule has 0 spiro atoms. The fraction of sp³-hybridized carbons (Fsp3) is 0.750. The van der Waals surface area contributed by atoms with E-state index in [1.54, 1.807) is 0 Å². The highest BCUT2D eigenvalue weighted by Gasteiger charge is 2.64. The number of aliphatic hydroxyl groups excluding tert-OH is 3. The average Bonchev–Trinajstić information content (AvgIpc) is 2.48. The Bertz CT molecular complexity index is 420. The summed E-state index contributed by atoms with van der Waals surface area (Å²) >= 11 is 0. The predicted octanol–water partition coefficient (Wildman–Crippen LogP) is -1.36. The molecule has 1 aliphatic heterocycles. The Labute approximate surface area is 110 Å². The molecular weight excluding hydrogens is 256 g/mol. The van der Waals surface area contributed by atoms with Gasteiger partial charge in [0.15, 0.2) is 0 Å². The van der Waals surface area contributed by atoms with Gasteiger partial charge in [-0.3, -0.25) is 4.79 Å². The zero-order chi connectivity index (χ0) is 14.4. The number of aliphatic hydroxyl groups is 4. The van der Waals surface area contributed by atoms with Gasteiger partial charge in [0.2, 0.25) is 0 Å². The van der Waals surface area contributed by atoms with Crippen LogP contribution in [0.25, 0.3) is 0 Å². The molecule has 2 rings (SSSR count). The van der Waals surface area contributed by atoms with E-state index in [2.05, 4.69) is 0 Å². The number of ether oxygens (including phenoxy) is 2. The zero-order valence-corrected chi connectivity index (χ0v) is 10.7. The van der Waals surface area contributed by atoms with Crippen LogP contribution in [-0.2, 0) is 14.3 Å². The molecule has 19 heavy (non-hydrogen) atoms. The van der Waals surface area contributed by atoms with Crippen molar-refractivity contribution in [3.63, 3.8) is 0 Å². The van der Waals surface area contributed by atoms with Crippen molar-refractivity contribution in [1.82, 2.24) is 0 Å². The van der Waals surface area contributed by atoms with E-state index in [9.17, 15) is 20.1 Å². The standard InChI is InChI=1S/C12H18O7/c1-6(14)18-11(2)10-8(15)3-9(16)12(10,17)4-7(5-13)19-11/h4,8-10,13,15-17H,3,5H2,1-2H3. The largest absolute Gasteiger partial charge is 0.454 e. The highest BCUT2D eigenvalue weighted by molar-refractivity contribution is 5.66. The zero-order valence-electron chi connectivity index (χ0n) is 10.7. The summed E-state index contributed by atoms with van der Waals surface area (Å²) in [7, 11) is 0. The van der Waals surface area contributed by atoms with E-state index in [1.807, 2.05) is 0 Å². The number of hydrogen-bond donors (Lipinski definition) is 4. The Morgan fingerprint density at radius 3 is 2.74 bits per heavy atom. The van der Waals surface area contributed by atoms with Crippen LogP contribution in [0.2, 0.25) is 0 Å². The van der Waals surface area contributed by atoms with Crippen LogP contribution in [0.4, 0.5) is 0 Å². The van der Waals surface area contributed by atoms with Crippen LogP contribution in [0.15, 0.2) is 11.8 Å². The van der Waals surface area contributed by atoms with Crippen LogP contribution >= 0.6 is 0 Å². The Morgan fingerprint density at radius 2 is 2.21 bits per heavy atom. The lowest BCUT2D eigenvalue weighted by atomic mass is 9.80. The number of carbonyl (C=O) groups is 1. The van der Waals surface area contributed by atoms with Crippen molar-refractivity contribution in [3.05, 3.63) is 11.8 Å². The number of hydrogen-bond acceptors (Lipinski definition) is 7. The first kappa shape index (κ1) is 14.3. The molecule has 0 bridgehead atoms. The summed E-state index contributed by atoms with van der Waals surface area (Å²) in [6.07, 6.45) is -1.23. The summed E-state index contributed by atoms with van der Waals surface area (Å²) in [5, 5.41) is 39.6. The summed E-state index contributed by atoms with van der Waals surface area (Å²) in [6, 6.07) is 0. The third-order valence-electron chi connectivity index (χ3n) is 3.67. The molecule has 7 heteroatoms. The van der Waals surface area contributed by atoms with Crippen LogP contribution in [-0.4, -0.2) is 56.6 Å². The first-order chi connectivity index (χ1) is 8.73. The normalized spacial score (nSPS) is 45.2. The van der Waals surface area contributed by atoms with E-state index in [-0.39, 0.29) is 12.2 Å². The van der Waals surface area contributed by atoms with Gasteiger partial charge in [0.1, 0.15) is 18.0 Å². The maximum Gasteiger partial charge on any atom is 0.305 e. The maximum atomic E-state index is 11.2. The lowest BCUT2D eigenvalue weighted by Gasteiger charge is -2.46. The predicted molar refractivity (Wildman–Crippen MR) is 61.5 cm³/mol. The molecule has 1 heterocycles. The van der Waals surface area contributed by atoms with Crippen LogP contribution in [0.1, 0.15) is 20.3 Å². The molecule has 2 aliphatic rings. The SMILES string of the molecule is CC(=O)OC1(C)OC(CO)=CC2(O)C(O)CC(O)C12. The molecule has 0 aromatic carbocycles. The fourth-order valence-corrected chi connectivity index (χ4v) is 3.08. The van der Waals surface area contributed by atoms with Crippen molar-refractivity contribution < 1.29 is 34.7 Å². The second kappa shape index (κ2) is 4.45. The van der Waals surface area contributed by atoms with Crippen molar-refractivity contribution in [3.8, 4) is 0 Å². The van der Waals surface area contributed by atoms with Crippen LogP contribution in [0.5, 0.6) is 0 Å². The second-order valence-electron chi connectivity index (χ2n) is 5.16. The van der Waals surface area contributed by atoms with Gasteiger partial charge in [-0.2, -0.15) is 0 Å². The molecule has 5 unspecified atom stereocenters. The van der Waals surface area contributed by atoms with Gasteiger partial charge >= 0.3 is 5.97 Å². The van der Waals surface area contributed by atoms with Crippen LogP contribution < -0.4 is 0 Å². The fourth-order valence-electron chi connectivity index (χ4n) is 3.08. The van der Waals surface area contributed by atoms with Gasteiger partial charge in [-0.15, -0.1) is 0 Å². The van der Waals surface area contributed by atoms with Crippen LogP contribution in [0.3, 0.4) is 0 Å². The molecular formula is C12H18O7. The van der Waals surface area contributed by atoms with Gasteiger partial charge in [-0.25, -0.2) is 0 Å². The van der Waals surface area contributed by atoms with E-state index in [0.29, 0.717) is 0 Å².